The standard InChI is InChI=1S/C11H16N2S/c1-7(2)10-9(13-11(12)14-10)8-5-3-4-6-8/h5,7H,3-4,6H2,1-2H3,(H2,12,13). The summed E-state index contributed by atoms with van der Waals surface area (Å²) in [6, 6.07) is 0. The van der Waals surface area contributed by atoms with E-state index in [1.54, 1.807) is 11.3 Å². The van der Waals surface area contributed by atoms with E-state index in [1.165, 1.54) is 35.4 Å². The molecular formula is C11H16N2S. The number of nitrogens with two attached hydrogens (primary N) is 1. The molecule has 0 fully saturated rings. The van der Waals surface area contributed by atoms with Gasteiger partial charge < -0.3 is 5.73 Å². The molecule has 2 N–H and O–H groups in total. The van der Waals surface area contributed by atoms with Crippen LogP contribution in [0.5, 0.6) is 0 Å². The Morgan fingerprint density at radius 1 is 1.50 bits per heavy atom. The van der Waals surface area contributed by atoms with Gasteiger partial charge in [-0.15, -0.1) is 11.3 Å². The molecule has 0 atom stereocenters. The summed E-state index contributed by atoms with van der Waals surface area (Å²) in [5.74, 6) is 0.529. The van der Waals surface area contributed by atoms with Crippen molar-refractivity contribution in [1.82, 2.24) is 4.98 Å². The first kappa shape index (κ1) is 9.71. The van der Waals surface area contributed by atoms with Crippen molar-refractivity contribution in [2.75, 3.05) is 5.73 Å². The highest BCUT2D eigenvalue weighted by Crippen LogP contribution is 2.36. The highest BCUT2D eigenvalue weighted by Gasteiger charge is 2.18. The lowest BCUT2D eigenvalue weighted by Gasteiger charge is -2.05. The second-order valence-corrected chi connectivity index (χ2v) is 5.10. The molecule has 14 heavy (non-hydrogen) atoms. The fourth-order valence-corrected chi connectivity index (χ4v) is 2.73. The summed E-state index contributed by atoms with van der Waals surface area (Å²) in [4.78, 5) is 5.79. The summed E-state index contributed by atoms with van der Waals surface area (Å²) in [6.45, 7) is 4.40. The molecule has 76 valence electrons. The molecule has 1 aromatic rings. The third kappa shape index (κ3) is 1.69. The minimum Gasteiger partial charge on any atom is -0.375 e. The van der Waals surface area contributed by atoms with E-state index in [9.17, 15) is 0 Å². The zero-order valence-corrected chi connectivity index (χ0v) is 9.53. The van der Waals surface area contributed by atoms with Crippen molar-refractivity contribution in [3.63, 3.8) is 0 Å². The maximum atomic E-state index is 5.77. The number of aromatic nitrogens is 1. The molecular weight excluding hydrogens is 192 g/mol. The smallest absolute Gasteiger partial charge is 0.180 e. The molecule has 0 bridgehead atoms. The van der Waals surface area contributed by atoms with E-state index in [0.29, 0.717) is 11.0 Å². The largest absolute Gasteiger partial charge is 0.375 e. The summed E-state index contributed by atoms with van der Waals surface area (Å²) in [6.07, 6.45) is 5.94. The van der Waals surface area contributed by atoms with Gasteiger partial charge in [-0.1, -0.05) is 19.9 Å². The van der Waals surface area contributed by atoms with Crippen LogP contribution in [0, 0.1) is 0 Å². The molecule has 0 spiro atoms. The second kappa shape index (κ2) is 3.73. The van der Waals surface area contributed by atoms with Crippen LogP contribution in [0.1, 0.15) is 49.6 Å². The van der Waals surface area contributed by atoms with Gasteiger partial charge in [0.1, 0.15) is 0 Å². The number of allylic oxidation sites excluding steroid dienone is 2. The Balaban J connectivity index is 2.40. The topological polar surface area (TPSA) is 38.9 Å². The Morgan fingerprint density at radius 2 is 2.29 bits per heavy atom. The molecule has 0 aliphatic heterocycles. The van der Waals surface area contributed by atoms with Gasteiger partial charge >= 0.3 is 0 Å². The highest BCUT2D eigenvalue weighted by molar-refractivity contribution is 7.15. The fourth-order valence-electron chi connectivity index (χ4n) is 1.86. The van der Waals surface area contributed by atoms with Gasteiger partial charge in [0.25, 0.3) is 0 Å². The zero-order chi connectivity index (χ0) is 10.1. The van der Waals surface area contributed by atoms with E-state index in [1.807, 2.05) is 0 Å². The van der Waals surface area contributed by atoms with Crippen LogP contribution >= 0.6 is 11.3 Å². The van der Waals surface area contributed by atoms with Crippen LogP contribution in [-0.4, -0.2) is 4.98 Å². The Kier molecular flexibility index (Phi) is 2.59. The Bertz CT molecular complexity index is 363. The van der Waals surface area contributed by atoms with Crippen LogP contribution in [-0.2, 0) is 0 Å². The van der Waals surface area contributed by atoms with Gasteiger partial charge in [-0.2, -0.15) is 0 Å². The second-order valence-electron chi connectivity index (χ2n) is 4.04. The minimum absolute atomic E-state index is 0.529. The molecule has 1 aliphatic rings. The lowest BCUT2D eigenvalue weighted by molar-refractivity contribution is 0.876. The van der Waals surface area contributed by atoms with E-state index in [-0.39, 0.29) is 0 Å². The maximum absolute atomic E-state index is 5.77. The predicted molar refractivity (Wildman–Crippen MR) is 62.4 cm³/mol. The van der Waals surface area contributed by atoms with E-state index in [4.69, 9.17) is 5.73 Å². The van der Waals surface area contributed by atoms with Gasteiger partial charge in [-0.25, -0.2) is 4.98 Å². The van der Waals surface area contributed by atoms with Crippen LogP contribution in [0.2, 0.25) is 0 Å². The van der Waals surface area contributed by atoms with Gasteiger partial charge in [0, 0.05) is 4.88 Å². The molecule has 1 aliphatic carbocycles. The van der Waals surface area contributed by atoms with Crippen LogP contribution < -0.4 is 5.73 Å². The van der Waals surface area contributed by atoms with E-state index in [0.717, 1.165) is 0 Å². The van der Waals surface area contributed by atoms with Crippen molar-refractivity contribution in [2.24, 2.45) is 0 Å². The third-order valence-electron chi connectivity index (χ3n) is 2.54. The SMILES string of the molecule is CC(C)c1sc(N)nc1C1=CCCC1. The normalized spacial score (nSPS) is 16.4. The highest BCUT2D eigenvalue weighted by atomic mass is 32.1. The molecule has 0 amide bonds. The molecule has 2 rings (SSSR count). The number of hydrogen-bond donors (Lipinski definition) is 1. The third-order valence-corrected chi connectivity index (χ3v) is 3.72. The number of nitrogen functional groups attached to an aromatic ring is 1. The maximum Gasteiger partial charge on any atom is 0.180 e. The first-order chi connectivity index (χ1) is 6.68. The molecule has 0 aromatic carbocycles. The molecule has 2 nitrogen and oxygen atoms in total. The molecule has 0 radical (unpaired) electrons. The van der Waals surface area contributed by atoms with Crippen molar-refractivity contribution in [2.45, 2.75) is 39.0 Å². The van der Waals surface area contributed by atoms with Crippen LogP contribution in [0.25, 0.3) is 5.57 Å². The lowest BCUT2D eigenvalue weighted by atomic mass is 10.1. The van der Waals surface area contributed by atoms with Gasteiger partial charge in [0.2, 0.25) is 0 Å². The summed E-state index contributed by atoms with van der Waals surface area (Å²) in [5, 5.41) is 0.705. The van der Waals surface area contributed by atoms with E-state index in [2.05, 4.69) is 24.9 Å². The van der Waals surface area contributed by atoms with Crippen LogP contribution in [0.3, 0.4) is 0 Å². The average Bonchev–Trinajstić information content (AvgIpc) is 2.70. The summed E-state index contributed by atoms with van der Waals surface area (Å²) in [5.41, 5.74) is 8.34. The van der Waals surface area contributed by atoms with Gasteiger partial charge in [0.15, 0.2) is 5.13 Å². The van der Waals surface area contributed by atoms with Gasteiger partial charge in [-0.05, 0) is 30.8 Å². The summed E-state index contributed by atoms with van der Waals surface area (Å²) < 4.78 is 0. The van der Waals surface area contributed by atoms with Crippen molar-refractivity contribution >= 4 is 22.0 Å². The average molecular weight is 208 g/mol. The Hall–Kier alpha value is -0.830. The van der Waals surface area contributed by atoms with Crippen molar-refractivity contribution in [3.05, 3.63) is 16.6 Å². The monoisotopic (exact) mass is 208 g/mol. The number of nitrogens with zero attached hydrogens (tertiary/aromatic N) is 1. The van der Waals surface area contributed by atoms with Gasteiger partial charge in [0.05, 0.1) is 5.69 Å². The molecule has 0 saturated heterocycles. The van der Waals surface area contributed by atoms with Crippen molar-refractivity contribution < 1.29 is 0 Å². The fraction of sp³-hybridized carbons (Fsp3) is 0.545. The van der Waals surface area contributed by atoms with Crippen LogP contribution in [0.4, 0.5) is 5.13 Å². The number of hydrogen-bond acceptors (Lipinski definition) is 3. The predicted octanol–water partition coefficient (Wildman–Crippen LogP) is 3.42. The summed E-state index contributed by atoms with van der Waals surface area (Å²) >= 11 is 1.64. The van der Waals surface area contributed by atoms with Crippen molar-refractivity contribution in [1.29, 1.82) is 0 Å². The van der Waals surface area contributed by atoms with Gasteiger partial charge in [-0.3, -0.25) is 0 Å². The first-order valence-electron chi connectivity index (χ1n) is 5.14. The van der Waals surface area contributed by atoms with Crippen molar-refractivity contribution in [3.8, 4) is 0 Å². The molecule has 1 heterocycles. The molecule has 0 unspecified atom stereocenters. The number of rotatable bonds is 2. The zero-order valence-electron chi connectivity index (χ0n) is 8.71. The van der Waals surface area contributed by atoms with E-state index >= 15 is 0 Å². The minimum atomic E-state index is 0.529. The Labute approximate surface area is 88.9 Å². The molecule has 3 heteroatoms. The first-order valence-corrected chi connectivity index (χ1v) is 5.95. The number of anilines is 1. The van der Waals surface area contributed by atoms with Crippen LogP contribution in [0.15, 0.2) is 6.08 Å². The quantitative estimate of drug-likeness (QED) is 0.808. The Morgan fingerprint density at radius 3 is 2.86 bits per heavy atom. The molecule has 1 aromatic heterocycles. The molecule has 0 saturated carbocycles. The lowest BCUT2D eigenvalue weighted by Crippen LogP contribution is -1.91. The summed E-state index contributed by atoms with van der Waals surface area (Å²) in [7, 11) is 0. The van der Waals surface area contributed by atoms with E-state index < -0.39 is 0 Å². The number of thiazole rings is 1.